The molecule has 0 N–H and O–H groups in total. The van der Waals surface area contributed by atoms with Crippen LogP contribution in [0.4, 0.5) is 0 Å². The topological polar surface area (TPSA) is 61.9 Å². The molecule has 7 heteroatoms. The van der Waals surface area contributed by atoms with Crippen molar-refractivity contribution in [3.63, 3.8) is 0 Å². The Morgan fingerprint density at radius 2 is 2.00 bits per heavy atom. The van der Waals surface area contributed by atoms with Gasteiger partial charge < -0.3 is 4.74 Å². The van der Waals surface area contributed by atoms with Gasteiger partial charge in [-0.1, -0.05) is 35.8 Å². The van der Waals surface area contributed by atoms with E-state index in [2.05, 4.69) is 51.7 Å². The molecule has 0 bridgehead atoms. The fraction of sp³-hybridized carbons (Fsp3) is 0.348. The number of carbonyl (C=O) groups is 1. The number of carbonyl (C=O) groups excluding carboxylic acids is 1. The highest BCUT2D eigenvalue weighted by Crippen LogP contribution is 2.28. The van der Waals surface area contributed by atoms with E-state index < -0.39 is 0 Å². The maximum absolute atomic E-state index is 11.6. The number of ether oxygens (including phenoxy) is 1. The minimum absolute atomic E-state index is 0.241. The van der Waals surface area contributed by atoms with Crippen LogP contribution in [-0.2, 0) is 29.0 Å². The molecule has 2 heterocycles. The van der Waals surface area contributed by atoms with Gasteiger partial charge in [0.05, 0.1) is 43.0 Å². The monoisotopic (exact) mass is 468 g/mol. The van der Waals surface area contributed by atoms with Crippen LogP contribution in [0.1, 0.15) is 30.7 Å². The Balaban J connectivity index is 1.76. The first kappa shape index (κ1) is 20.6. The lowest BCUT2D eigenvalue weighted by atomic mass is 10.1. The second-order valence-corrected chi connectivity index (χ2v) is 8.99. The Bertz CT molecular complexity index is 1240. The van der Waals surface area contributed by atoms with Crippen molar-refractivity contribution < 1.29 is 9.53 Å². The van der Waals surface area contributed by atoms with Crippen LogP contribution >= 0.6 is 15.9 Å². The molecule has 0 aliphatic carbocycles. The van der Waals surface area contributed by atoms with Crippen molar-refractivity contribution in [3.05, 3.63) is 57.8 Å². The second-order valence-electron chi connectivity index (χ2n) is 8.07. The molecule has 0 spiro atoms. The summed E-state index contributed by atoms with van der Waals surface area (Å²) in [7, 11) is 1.41. The number of hydrogen-bond donors (Lipinski definition) is 0. The summed E-state index contributed by atoms with van der Waals surface area (Å²) in [6.07, 6.45) is 2.19. The van der Waals surface area contributed by atoms with Gasteiger partial charge in [0.2, 0.25) is 0 Å². The molecule has 0 unspecified atom stereocenters. The SMILES string of the molecule is COC(=O)Cc1ccc2c(c1)c(C)nn2Cc1cc(Br)cc2cnn(CC(C)C)c12. The molecule has 2 aromatic carbocycles. The summed E-state index contributed by atoms with van der Waals surface area (Å²) in [5.74, 6) is 0.264. The van der Waals surface area contributed by atoms with Gasteiger partial charge in [0.25, 0.3) is 0 Å². The number of fused-ring (bicyclic) bond motifs is 2. The minimum atomic E-state index is -0.241. The minimum Gasteiger partial charge on any atom is -0.469 e. The van der Waals surface area contributed by atoms with Gasteiger partial charge in [-0.2, -0.15) is 10.2 Å². The highest BCUT2D eigenvalue weighted by Gasteiger charge is 2.15. The number of esters is 1. The van der Waals surface area contributed by atoms with Crippen molar-refractivity contribution in [3.8, 4) is 0 Å². The molecule has 0 aliphatic heterocycles. The van der Waals surface area contributed by atoms with E-state index in [1.807, 2.05) is 36.0 Å². The lowest BCUT2D eigenvalue weighted by molar-refractivity contribution is -0.139. The van der Waals surface area contributed by atoms with Gasteiger partial charge in [-0.15, -0.1) is 0 Å². The first-order chi connectivity index (χ1) is 14.4. The summed E-state index contributed by atoms with van der Waals surface area (Å²) >= 11 is 3.64. The van der Waals surface area contributed by atoms with Crippen LogP contribution in [-0.4, -0.2) is 32.6 Å². The van der Waals surface area contributed by atoms with E-state index in [0.29, 0.717) is 12.5 Å². The molecule has 0 fully saturated rings. The van der Waals surface area contributed by atoms with Crippen LogP contribution in [0.5, 0.6) is 0 Å². The van der Waals surface area contributed by atoms with Crippen molar-refractivity contribution >= 4 is 43.7 Å². The van der Waals surface area contributed by atoms with E-state index in [-0.39, 0.29) is 12.4 Å². The molecule has 0 atom stereocenters. The molecule has 4 aromatic rings. The van der Waals surface area contributed by atoms with Gasteiger partial charge in [-0.05, 0) is 42.7 Å². The molecule has 156 valence electrons. The number of methoxy groups -OCH3 is 1. The van der Waals surface area contributed by atoms with E-state index >= 15 is 0 Å². The molecule has 0 saturated carbocycles. The van der Waals surface area contributed by atoms with Gasteiger partial charge in [0, 0.05) is 27.4 Å². The van der Waals surface area contributed by atoms with Crippen LogP contribution in [0.15, 0.2) is 41.0 Å². The summed E-state index contributed by atoms with van der Waals surface area (Å²) in [5, 5.41) is 11.6. The molecular weight excluding hydrogens is 444 g/mol. The zero-order valence-electron chi connectivity index (χ0n) is 17.6. The predicted molar refractivity (Wildman–Crippen MR) is 122 cm³/mol. The van der Waals surface area contributed by atoms with E-state index in [0.717, 1.165) is 44.1 Å². The van der Waals surface area contributed by atoms with Crippen LogP contribution in [0.25, 0.3) is 21.8 Å². The lowest BCUT2D eigenvalue weighted by Crippen LogP contribution is -2.09. The number of hydrogen-bond acceptors (Lipinski definition) is 4. The summed E-state index contributed by atoms with van der Waals surface area (Å²) in [6, 6.07) is 10.3. The Morgan fingerprint density at radius 3 is 2.73 bits per heavy atom. The largest absolute Gasteiger partial charge is 0.469 e. The second kappa shape index (κ2) is 8.22. The van der Waals surface area contributed by atoms with Crippen molar-refractivity contribution in [2.24, 2.45) is 5.92 Å². The third-order valence-corrected chi connectivity index (χ3v) is 5.67. The fourth-order valence-electron chi connectivity index (χ4n) is 3.90. The van der Waals surface area contributed by atoms with Gasteiger partial charge in [-0.3, -0.25) is 14.2 Å². The average molecular weight is 469 g/mol. The van der Waals surface area contributed by atoms with Crippen molar-refractivity contribution in [1.29, 1.82) is 0 Å². The van der Waals surface area contributed by atoms with Crippen LogP contribution in [0, 0.1) is 12.8 Å². The predicted octanol–water partition coefficient (Wildman–Crippen LogP) is 4.88. The average Bonchev–Trinajstić information content (AvgIpc) is 3.22. The molecular formula is C23H25BrN4O2. The lowest BCUT2D eigenvalue weighted by Gasteiger charge is -2.12. The van der Waals surface area contributed by atoms with E-state index in [4.69, 9.17) is 9.84 Å². The molecule has 0 amide bonds. The first-order valence-corrected chi connectivity index (χ1v) is 10.8. The van der Waals surface area contributed by atoms with Gasteiger partial charge in [-0.25, -0.2) is 0 Å². The standard InChI is InChI=1S/C23H25BrN4O2/c1-14(2)12-28-23-17(11-25-28)9-19(24)10-18(23)13-27-21-6-5-16(8-22(29)30-4)7-20(21)15(3)26-27/h5-7,9-11,14H,8,12-13H2,1-4H3. The Hall–Kier alpha value is -2.67. The zero-order valence-corrected chi connectivity index (χ0v) is 19.2. The quantitative estimate of drug-likeness (QED) is 0.378. The summed E-state index contributed by atoms with van der Waals surface area (Å²) in [5.41, 5.74) is 5.23. The van der Waals surface area contributed by atoms with E-state index in [1.165, 1.54) is 12.7 Å². The molecule has 2 aromatic heterocycles. The highest BCUT2D eigenvalue weighted by molar-refractivity contribution is 9.10. The number of rotatable bonds is 6. The smallest absolute Gasteiger partial charge is 0.309 e. The third-order valence-electron chi connectivity index (χ3n) is 5.21. The van der Waals surface area contributed by atoms with Gasteiger partial charge in [0.15, 0.2) is 0 Å². The first-order valence-electron chi connectivity index (χ1n) is 10.0. The molecule has 6 nitrogen and oxygen atoms in total. The van der Waals surface area contributed by atoms with Crippen LogP contribution in [0.2, 0.25) is 0 Å². The summed E-state index contributed by atoms with van der Waals surface area (Å²) in [6.45, 7) is 7.90. The molecule has 0 aliphatic rings. The van der Waals surface area contributed by atoms with E-state index in [9.17, 15) is 4.79 Å². The Kier molecular flexibility index (Phi) is 5.64. The number of nitrogens with zero attached hydrogens (tertiary/aromatic N) is 4. The van der Waals surface area contributed by atoms with Gasteiger partial charge >= 0.3 is 5.97 Å². The van der Waals surface area contributed by atoms with Crippen LogP contribution < -0.4 is 0 Å². The highest BCUT2D eigenvalue weighted by atomic mass is 79.9. The van der Waals surface area contributed by atoms with E-state index in [1.54, 1.807) is 0 Å². The number of halogens is 1. The van der Waals surface area contributed by atoms with Crippen molar-refractivity contribution in [2.75, 3.05) is 7.11 Å². The number of benzene rings is 2. The Morgan fingerprint density at radius 1 is 1.20 bits per heavy atom. The van der Waals surface area contributed by atoms with Crippen LogP contribution in [0.3, 0.4) is 0 Å². The summed E-state index contributed by atoms with van der Waals surface area (Å²) < 4.78 is 9.94. The normalized spacial score (nSPS) is 11.7. The van der Waals surface area contributed by atoms with Gasteiger partial charge in [0.1, 0.15) is 0 Å². The van der Waals surface area contributed by atoms with Crippen molar-refractivity contribution in [2.45, 2.75) is 40.3 Å². The number of aryl methyl sites for hydroxylation is 1. The Labute approximate surface area is 183 Å². The maximum atomic E-state index is 11.6. The molecule has 4 rings (SSSR count). The summed E-state index contributed by atoms with van der Waals surface area (Å²) in [4.78, 5) is 11.6. The molecule has 0 saturated heterocycles. The maximum Gasteiger partial charge on any atom is 0.309 e. The molecule has 30 heavy (non-hydrogen) atoms. The fourth-order valence-corrected chi connectivity index (χ4v) is 4.43. The molecule has 0 radical (unpaired) electrons. The number of aromatic nitrogens is 4. The van der Waals surface area contributed by atoms with Crippen molar-refractivity contribution in [1.82, 2.24) is 19.6 Å². The zero-order chi connectivity index (χ0) is 21.4. The third kappa shape index (κ3) is 3.99.